The highest BCUT2D eigenvalue weighted by atomic mass is 35.5. The molecule has 1 heterocycles. The molecule has 6 nitrogen and oxygen atoms in total. The van der Waals surface area contributed by atoms with Gasteiger partial charge in [0.15, 0.2) is 5.75 Å². The Balaban J connectivity index is 2.80. The molecular weight excluding hydrogens is 372 g/mol. The van der Waals surface area contributed by atoms with Crippen molar-refractivity contribution >= 4 is 17.6 Å². The number of rotatable bonds is 2. The molecule has 2 aromatic rings. The minimum absolute atomic E-state index is 0.154. The Kier molecular flexibility index (Phi) is 4.76. The lowest BCUT2D eigenvalue weighted by Gasteiger charge is -2.15. The number of aromatic nitrogens is 2. The molecule has 0 unspecified atom stereocenters. The molecule has 0 aliphatic rings. The molecule has 134 valence electrons. The van der Waals surface area contributed by atoms with Gasteiger partial charge in [-0.15, -0.1) is 0 Å². The van der Waals surface area contributed by atoms with Crippen molar-refractivity contribution in [2.75, 3.05) is 0 Å². The van der Waals surface area contributed by atoms with Crippen molar-refractivity contribution in [3.63, 3.8) is 0 Å². The maximum atomic E-state index is 14.1. The molecule has 2 rings (SSSR count). The van der Waals surface area contributed by atoms with Gasteiger partial charge in [0.2, 0.25) is 0 Å². The fourth-order valence-electron chi connectivity index (χ4n) is 2.04. The number of carbonyl (C=O) groups excluding carboxylic acids is 1. The molecule has 0 atom stereocenters. The molecule has 0 aliphatic heterocycles. The highest BCUT2D eigenvalue weighted by molar-refractivity contribution is 6.32. The summed E-state index contributed by atoms with van der Waals surface area (Å²) in [5.41, 5.74) is -5.05. The van der Waals surface area contributed by atoms with Crippen LogP contribution in [-0.4, -0.2) is 15.1 Å². The summed E-state index contributed by atoms with van der Waals surface area (Å²) < 4.78 is 57.6. The minimum Gasteiger partial charge on any atom is -0.425 e. The Morgan fingerprint density at radius 3 is 2.32 bits per heavy atom. The first-order chi connectivity index (χ1) is 11.4. The van der Waals surface area contributed by atoms with Crippen LogP contribution in [0.15, 0.2) is 27.8 Å². The van der Waals surface area contributed by atoms with E-state index < -0.39 is 40.6 Å². The van der Waals surface area contributed by atoms with E-state index in [0.717, 1.165) is 20.0 Å². The fourth-order valence-corrected chi connectivity index (χ4v) is 2.23. The van der Waals surface area contributed by atoms with Crippen LogP contribution in [0.1, 0.15) is 12.6 Å². The Labute approximate surface area is 141 Å². The van der Waals surface area contributed by atoms with Crippen LogP contribution in [0.5, 0.6) is 5.75 Å². The fraction of sp³-hybridized carbons (Fsp3) is 0.214. The van der Waals surface area contributed by atoms with Gasteiger partial charge in [0.25, 0.3) is 5.56 Å². The van der Waals surface area contributed by atoms with E-state index >= 15 is 0 Å². The van der Waals surface area contributed by atoms with Crippen LogP contribution in [0.3, 0.4) is 0 Å². The van der Waals surface area contributed by atoms with Crippen molar-refractivity contribution in [2.24, 2.45) is 7.05 Å². The first-order valence-electron chi connectivity index (χ1n) is 6.51. The zero-order chi connectivity index (χ0) is 19.1. The standard InChI is InChI=1S/C14H9ClF4N2O4/c1-6(22)25-10-4-9(8(16)3-7(10)15)21-12(23)5-11(14(17,18)19)20(2)13(21)24/h3-5H,1-2H3. The Hall–Kier alpha value is -2.62. The highest BCUT2D eigenvalue weighted by Gasteiger charge is 2.35. The molecule has 0 bridgehead atoms. The molecule has 25 heavy (non-hydrogen) atoms. The molecule has 1 aromatic heterocycles. The number of ether oxygens (including phenoxy) is 1. The number of alkyl halides is 3. The average molecular weight is 381 g/mol. The topological polar surface area (TPSA) is 70.3 Å². The average Bonchev–Trinajstić information content (AvgIpc) is 2.45. The molecule has 0 N–H and O–H groups in total. The Morgan fingerprint density at radius 1 is 1.20 bits per heavy atom. The predicted molar refractivity (Wildman–Crippen MR) is 78.6 cm³/mol. The first-order valence-corrected chi connectivity index (χ1v) is 6.89. The third-order valence-corrected chi connectivity index (χ3v) is 3.40. The number of benzene rings is 1. The van der Waals surface area contributed by atoms with E-state index in [0.29, 0.717) is 6.07 Å². The summed E-state index contributed by atoms with van der Waals surface area (Å²) in [6.45, 7) is 1.03. The van der Waals surface area contributed by atoms with Crippen molar-refractivity contribution in [3.05, 3.63) is 55.6 Å². The Morgan fingerprint density at radius 2 is 1.80 bits per heavy atom. The van der Waals surface area contributed by atoms with E-state index in [4.69, 9.17) is 16.3 Å². The van der Waals surface area contributed by atoms with Gasteiger partial charge in [0.1, 0.15) is 11.5 Å². The van der Waals surface area contributed by atoms with Gasteiger partial charge in [-0.25, -0.2) is 13.8 Å². The van der Waals surface area contributed by atoms with Crippen molar-refractivity contribution in [1.82, 2.24) is 9.13 Å². The van der Waals surface area contributed by atoms with Gasteiger partial charge in [-0.3, -0.25) is 14.2 Å². The molecule has 0 saturated carbocycles. The van der Waals surface area contributed by atoms with E-state index in [1.807, 2.05) is 0 Å². The third-order valence-electron chi connectivity index (χ3n) is 3.11. The second-order valence-corrected chi connectivity index (χ2v) is 5.28. The van der Waals surface area contributed by atoms with Crippen LogP contribution in [0, 0.1) is 5.82 Å². The van der Waals surface area contributed by atoms with Gasteiger partial charge in [-0.2, -0.15) is 13.2 Å². The molecular formula is C14H9ClF4N2O4. The van der Waals surface area contributed by atoms with Crippen LogP contribution in [0.25, 0.3) is 5.69 Å². The summed E-state index contributed by atoms with van der Waals surface area (Å²) in [6, 6.07) is 1.59. The molecule has 0 saturated heterocycles. The lowest BCUT2D eigenvalue weighted by atomic mass is 10.2. The predicted octanol–water partition coefficient (Wildman–Crippen LogP) is 2.27. The zero-order valence-electron chi connectivity index (χ0n) is 12.6. The lowest BCUT2D eigenvalue weighted by molar-refractivity contribution is -0.144. The first kappa shape index (κ1) is 18.7. The van der Waals surface area contributed by atoms with E-state index in [-0.39, 0.29) is 26.0 Å². The summed E-state index contributed by atoms with van der Waals surface area (Å²) in [5.74, 6) is -2.34. The highest BCUT2D eigenvalue weighted by Crippen LogP contribution is 2.30. The van der Waals surface area contributed by atoms with Gasteiger partial charge in [0.05, 0.1) is 10.7 Å². The molecule has 11 heteroatoms. The third kappa shape index (κ3) is 3.58. The number of nitrogens with zero attached hydrogens (tertiary/aromatic N) is 2. The maximum Gasteiger partial charge on any atom is 0.431 e. The van der Waals surface area contributed by atoms with Crippen LogP contribution in [0.4, 0.5) is 17.6 Å². The summed E-state index contributed by atoms with van der Waals surface area (Å²) >= 11 is 5.69. The summed E-state index contributed by atoms with van der Waals surface area (Å²) in [5, 5.41) is -0.326. The largest absolute Gasteiger partial charge is 0.431 e. The van der Waals surface area contributed by atoms with Gasteiger partial charge in [-0.1, -0.05) is 11.6 Å². The van der Waals surface area contributed by atoms with Crippen molar-refractivity contribution in [2.45, 2.75) is 13.1 Å². The summed E-state index contributed by atoms with van der Waals surface area (Å²) in [6.07, 6.45) is -4.95. The van der Waals surface area contributed by atoms with Crippen LogP contribution < -0.4 is 16.0 Å². The summed E-state index contributed by atoms with van der Waals surface area (Å²) in [4.78, 5) is 35.1. The van der Waals surface area contributed by atoms with Crippen molar-refractivity contribution in [3.8, 4) is 11.4 Å². The van der Waals surface area contributed by atoms with E-state index in [9.17, 15) is 31.9 Å². The normalized spacial score (nSPS) is 11.5. The number of esters is 1. The number of hydrogen-bond acceptors (Lipinski definition) is 4. The second kappa shape index (κ2) is 6.36. The van der Waals surface area contributed by atoms with E-state index in [1.54, 1.807) is 0 Å². The molecule has 1 aromatic carbocycles. The SMILES string of the molecule is CC(=O)Oc1cc(-n2c(=O)cc(C(F)(F)F)n(C)c2=O)c(F)cc1Cl. The van der Waals surface area contributed by atoms with Gasteiger partial charge >= 0.3 is 17.8 Å². The smallest absolute Gasteiger partial charge is 0.425 e. The van der Waals surface area contributed by atoms with E-state index in [1.165, 1.54) is 0 Å². The molecule has 0 radical (unpaired) electrons. The lowest BCUT2D eigenvalue weighted by Crippen LogP contribution is -2.41. The van der Waals surface area contributed by atoms with E-state index in [2.05, 4.69) is 0 Å². The molecule has 0 aliphatic carbocycles. The van der Waals surface area contributed by atoms with Crippen LogP contribution >= 0.6 is 11.6 Å². The molecule has 0 amide bonds. The van der Waals surface area contributed by atoms with Crippen molar-refractivity contribution < 1.29 is 27.1 Å². The number of halogens is 5. The van der Waals surface area contributed by atoms with Crippen molar-refractivity contribution in [1.29, 1.82) is 0 Å². The number of carbonyl (C=O) groups is 1. The maximum absolute atomic E-state index is 14.1. The number of hydrogen-bond donors (Lipinski definition) is 0. The van der Waals surface area contributed by atoms with Gasteiger partial charge in [0, 0.05) is 26.1 Å². The quantitative estimate of drug-likeness (QED) is 0.455. The van der Waals surface area contributed by atoms with Gasteiger partial charge in [-0.05, 0) is 6.07 Å². The second-order valence-electron chi connectivity index (χ2n) is 4.87. The Bertz CT molecular complexity index is 979. The zero-order valence-corrected chi connectivity index (χ0v) is 13.4. The van der Waals surface area contributed by atoms with Gasteiger partial charge < -0.3 is 4.74 Å². The van der Waals surface area contributed by atoms with Crippen LogP contribution in [-0.2, 0) is 18.0 Å². The monoisotopic (exact) mass is 380 g/mol. The molecule has 0 fully saturated rings. The summed E-state index contributed by atoms with van der Waals surface area (Å²) in [7, 11) is 0.780. The molecule has 0 spiro atoms. The minimum atomic E-state index is -4.95. The van der Waals surface area contributed by atoms with Crippen LogP contribution in [0.2, 0.25) is 5.02 Å².